The van der Waals surface area contributed by atoms with E-state index in [2.05, 4.69) is 0 Å². The van der Waals surface area contributed by atoms with Crippen LogP contribution >= 0.6 is 11.8 Å². The molecule has 0 aromatic rings. The van der Waals surface area contributed by atoms with Crippen molar-refractivity contribution < 1.29 is 24.5 Å². The summed E-state index contributed by atoms with van der Waals surface area (Å²) in [6.45, 7) is 2.19. The number of carboxylic acid groups (broad SMARTS) is 1. The van der Waals surface area contributed by atoms with E-state index in [9.17, 15) is 19.8 Å². The average Bonchev–Trinajstić information content (AvgIpc) is 2.92. The van der Waals surface area contributed by atoms with E-state index in [-0.39, 0.29) is 23.1 Å². The van der Waals surface area contributed by atoms with Gasteiger partial charge in [0.1, 0.15) is 11.1 Å². The lowest BCUT2D eigenvalue weighted by Gasteiger charge is -2.43. The van der Waals surface area contributed by atoms with Crippen molar-refractivity contribution in [3.05, 3.63) is 10.6 Å². The highest BCUT2D eigenvalue weighted by molar-refractivity contribution is 8.04. The monoisotopic (exact) mass is 285 g/mol. The Bertz CT molecular complexity index is 469. The number of aliphatic carboxylic acids is 1. The van der Waals surface area contributed by atoms with E-state index in [1.54, 1.807) is 6.92 Å². The van der Waals surface area contributed by atoms with Gasteiger partial charge in [0.25, 0.3) is 0 Å². The van der Waals surface area contributed by atoms with Gasteiger partial charge in [-0.25, -0.2) is 4.79 Å². The summed E-state index contributed by atoms with van der Waals surface area (Å²) in [5.41, 5.74) is 0.0452. The van der Waals surface area contributed by atoms with Crippen LogP contribution in [0.5, 0.6) is 0 Å². The molecule has 2 N–H and O–H groups in total. The van der Waals surface area contributed by atoms with Crippen molar-refractivity contribution in [2.45, 2.75) is 37.3 Å². The van der Waals surface area contributed by atoms with E-state index in [0.29, 0.717) is 11.5 Å². The molecule has 3 aliphatic heterocycles. The zero-order chi connectivity index (χ0) is 13.7. The maximum atomic E-state index is 12.0. The Morgan fingerprint density at radius 3 is 2.84 bits per heavy atom. The van der Waals surface area contributed by atoms with E-state index in [1.807, 2.05) is 0 Å². The zero-order valence-corrected chi connectivity index (χ0v) is 11.2. The van der Waals surface area contributed by atoms with Crippen LogP contribution < -0.4 is 0 Å². The Morgan fingerprint density at radius 1 is 1.58 bits per heavy atom. The van der Waals surface area contributed by atoms with Gasteiger partial charge in [-0.1, -0.05) is 11.8 Å². The number of thioether (sulfide) groups is 1. The molecule has 1 amide bonds. The van der Waals surface area contributed by atoms with Gasteiger partial charge in [0, 0.05) is 11.5 Å². The first-order valence-electron chi connectivity index (χ1n) is 6.29. The third-order valence-electron chi connectivity index (χ3n) is 3.75. The van der Waals surface area contributed by atoms with Crippen LogP contribution in [0.3, 0.4) is 0 Å². The molecule has 0 radical (unpaired) electrons. The molecule has 4 atom stereocenters. The first-order valence-corrected chi connectivity index (χ1v) is 7.17. The first kappa shape index (κ1) is 13.0. The summed E-state index contributed by atoms with van der Waals surface area (Å²) in [6.07, 6.45) is 0.706. The highest BCUT2D eigenvalue weighted by Gasteiger charge is 2.58. The van der Waals surface area contributed by atoms with E-state index in [1.165, 1.54) is 16.7 Å². The minimum absolute atomic E-state index is 0.0452. The van der Waals surface area contributed by atoms with Crippen molar-refractivity contribution in [2.75, 3.05) is 6.61 Å². The Hall–Kier alpha value is -1.05. The smallest absolute Gasteiger partial charge is 0.353 e. The van der Waals surface area contributed by atoms with E-state index < -0.39 is 18.0 Å². The largest absolute Gasteiger partial charge is 0.477 e. The Balaban J connectivity index is 1.91. The second-order valence-corrected chi connectivity index (χ2v) is 6.16. The van der Waals surface area contributed by atoms with Crippen LogP contribution in [-0.4, -0.2) is 51.2 Å². The molecule has 0 unspecified atom stereocenters. The van der Waals surface area contributed by atoms with Gasteiger partial charge >= 0.3 is 5.97 Å². The molecule has 2 saturated heterocycles. The molecule has 19 heavy (non-hydrogen) atoms. The lowest BCUT2D eigenvalue weighted by Crippen LogP contribution is -2.60. The van der Waals surface area contributed by atoms with Gasteiger partial charge in [0.05, 0.1) is 18.1 Å². The summed E-state index contributed by atoms with van der Waals surface area (Å²) in [6, 6.07) is 0. The summed E-state index contributed by atoms with van der Waals surface area (Å²) in [7, 11) is 0. The molecule has 0 saturated carbocycles. The molecule has 0 bridgehead atoms. The number of nitrogens with zero attached hydrogens (tertiary/aromatic N) is 1. The fourth-order valence-electron chi connectivity index (χ4n) is 2.82. The molecule has 6 nitrogen and oxygen atoms in total. The number of β-lactam (4-membered cyclic amide) rings is 1. The Labute approximate surface area is 114 Å². The lowest BCUT2D eigenvalue weighted by molar-refractivity contribution is -0.156. The second-order valence-electron chi connectivity index (χ2n) is 5.00. The van der Waals surface area contributed by atoms with Gasteiger partial charge in [-0.05, 0) is 19.8 Å². The number of aliphatic hydroxyl groups is 1. The van der Waals surface area contributed by atoms with Crippen molar-refractivity contribution >= 4 is 23.6 Å². The summed E-state index contributed by atoms with van der Waals surface area (Å²) in [4.78, 5) is 25.3. The van der Waals surface area contributed by atoms with Gasteiger partial charge in [-0.2, -0.15) is 0 Å². The van der Waals surface area contributed by atoms with Crippen LogP contribution in [0.4, 0.5) is 0 Å². The summed E-state index contributed by atoms with van der Waals surface area (Å²) < 4.78 is 5.53. The van der Waals surface area contributed by atoms with E-state index >= 15 is 0 Å². The van der Waals surface area contributed by atoms with Crippen LogP contribution in [-0.2, 0) is 14.3 Å². The normalized spacial score (nSPS) is 35.4. The molecule has 7 heteroatoms. The number of carbonyl (C=O) groups is 2. The molecule has 0 aliphatic carbocycles. The summed E-state index contributed by atoms with van der Waals surface area (Å²) in [5.74, 6) is -1.92. The Morgan fingerprint density at radius 2 is 2.32 bits per heavy atom. The molecule has 0 aromatic heterocycles. The minimum Gasteiger partial charge on any atom is -0.477 e. The third-order valence-corrected chi connectivity index (χ3v) is 5.21. The number of hydrogen-bond donors (Lipinski definition) is 2. The van der Waals surface area contributed by atoms with Gasteiger partial charge in [0.2, 0.25) is 5.91 Å². The molecule has 3 rings (SSSR count). The van der Waals surface area contributed by atoms with Gasteiger partial charge < -0.3 is 14.9 Å². The molecule has 0 aromatic carbocycles. The SMILES string of the molecule is C[C@@H](O)[C@H]1C(=O)N2C(C(=O)O)=C([C@H]3CCCO3)S[C@@H]12. The molecule has 3 aliphatic rings. The van der Waals surface area contributed by atoms with Crippen molar-refractivity contribution in [3.8, 4) is 0 Å². The topological polar surface area (TPSA) is 87.1 Å². The van der Waals surface area contributed by atoms with Crippen LogP contribution in [0.15, 0.2) is 10.6 Å². The predicted molar refractivity (Wildman–Crippen MR) is 67.0 cm³/mol. The zero-order valence-electron chi connectivity index (χ0n) is 10.4. The maximum Gasteiger partial charge on any atom is 0.353 e. The predicted octanol–water partition coefficient (Wildman–Crippen LogP) is 0.374. The molecule has 3 heterocycles. The quantitative estimate of drug-likeness (QED) is 0.729. The number of rotatable bonds is 3. The molecule has 104 valence electrons. The maximum absolute atomic E-state index is 12.0. The highest BCUT2D eigenvalue weighted by atomic mass is 32.2. The summed E-state index contributed by atoms with van der Waals surface area (Å²) >= 11 is 1.35. The molecular formula is C12H15NO5S. The van der Waals surface area contributed by atoms with Gasteiger partial charge in [0.15, 0.2) is 0 Å². The molecule has 2 fully saturated rings. The van der Waals surface area contributed by atoms with Crippen molar-refractivity contribution in [1.29, 1.82) is 0 Å². The molecule has 0 spiro atoms. The number of fused-ring (bicyclic) bond motifs is 1. The van der Waals surface area contributed by atoms with Crippen molar-refractivity contribution in [2.24, 2.45) is 5.92 Å². The summed E-state index contributed by atoms with van der Waals surface area (Å²) in [5, 5.41) is 18.6. The second kappa shape index (κ2) is 4.50. The number of amides is 1. The third kappa shape index (κ3) is 1.79. The first-order chi connectivity index (χ1) is 9.02. The highest BCUT2D eigenvalue weighted by Crippen LogP contribution is 2.52. The van der Waals surface area contributed by atoms with Crippen LogP contribution in [0.25, 0.3) is 0 Å². The van der Waals surface area contributed by atoms with Crippen LogP contribution in [0.2, 0.25) is 0 Å². The van der Waals surface area contributed by atoms with Crippen LogP contribution in [0, 0.1) is 5.92 Å². The fourth-order valence-corrected chi connectivity index (χ4v) is 4.52. The Kier molecular flexibility index (Phi) is 3.07. The standard InChI is InChI=1S/C12H15NO5S/c1-5(14)7-10(15)13-8(12(16)17)9(19-11(7)13)6-3-2-4-18-6/h5-7,11,14H,2-4H2,1H3,(H,16,17)/t5-,6-,7+,11+/m1/s1. The number of carbonyl (C=O) groups excluding carboxylic acids is 1. The number of hydrogen-bond acceptors (Lipinski definition) is 5. The van der Waals surface area contributed by atoms with Gasteiger partial charge in [-0.15, -0.1) is 0 Å². The van der Waals surface area contributed by atoms with E-state index in [0.717, 1.165) is 12.8 Å². The van der Waals surface area contributed by atoms with Gasteiger partial charge in [-0.3, -0.25) is 9.69 Å². The fraction of sp³-hybridized carbons (Fsp3) is 0.667. The number of carboxylic acids is 1. The van der Waals surface area contributed by atoms with Crippen molar-refractivity contribution in [1.82, 2.24) is 4.90 Å². The lowest BCUT2D eigenvalue weighted by atomic mass is 9.92. The minimum atomic E-state index is -1.10. The number of aliphatic hydroxyl groups excluding tert-OH is 1. The van der Waals surface area contributed by atoms with E-state index in [4.69, 9.17) is 4.74 Å². The van der Waals surface area contributed by atoms with Crippen LogP contribution in [0.1, 0.15) is 19.8 Å². The number of ether oxygens (including phenoxy) is 1. The molecular weight excluding hydrogens is 270 g/mol. The average molecular weight is 285 g/mol. The van der Waals surface area contributed by atoms with Crippen molar-refractivity contribution in [3.63, 3.8) is 0 Å².